The number of halogens is 1. The van der Waals surface area contributed by atoms with Crippen LogP contribution in [-0.4, -0.2) is 132 Å². The number of benzene rings is 7. The number of nitro benzene ring substituents is 1. The molecule has 472 valence electrons. The lowest BCUT2D eigenvalue weighted by atomic mass is 10.0. The lowest BCUT2D eigenvalue weighted by Gasteiger charge is -2.15. The standard InChI is InChI=1S/C42H27ClN12O28S7/c43-22-9-15(10-28(87(72,73)74)33(22)49-52-36-37(42(59)60)53-54(41(36)58)16-1-4-18(5-2-16)84(63,64)65)45-50-34-29(88(75,76)77)12-20-19(38(34)56)6-8-24(40(20)90(81,82)83)47-48-25-14-26(85(66,67)68)21-13-30(89(78,79)80)35(39(57)31(21)32(25)44)51-46-23-7-3-17(55(61)62)11-27(23)86(69,70)71/h1-14,56-58H,44H2,(H,59,60)(H,63,64,65)(H,66,67,68)(H,69,70,71)(H,72,73,74)(H,75,76,77)(H,78,79,80)(H,81,82,83). The highest BCUT2D eigenvalue weighted by Gasteiger charge is 2.32. The summed E-state index contributed by atoms with van der Waals surface area (Å²) in [7, 11) is -38.7. The molecular weight excluding hydrogens is 1380 g/mol. The summed E-state index contributed by atoms with van der Waals surface area (Å²) in [6, 6.07) is 8.20. The van der Waals surface area contributed by atoms with Gasteiger partial charge in [0.15, 0.2) is 17.2 Å². The molecule has 1 aromatic heterocycles. The number of rotatable bonds is 18. The fraction of sp³-hybridized carbons (Fsp3) is 0. The van der Waals surface area contributed by atoms with E-state index in [9.17, 15) is 126 Å². The van der Waals surface area contributed by atoms with Crippen LogP contribution in [0.1, 0.15) is 10.5 Å². The Labute approximate surface area is 504 Å². The number of phenols is 2. The molecule has 40 nitrogen and oxygen atoms in total. The first-order chi connectivity index (χ1) is 41.3. The van der Waals surface area contributed by atoms with Gasteiger partial charge < -0.3 is 26.2 Å². The molecule has 0 aliphatic heterocycles. The first kappa shape index (κ1) is 66.4. The third kappa shape index (κ3) is 13.2. The minimum atomic E-state index is -5.82. The molecule has 0 unspecified atom stereocenters. The Hall–Kier alpha value is -9.60. The number of nitro groups is 1. The van der Waals surface area contributed by atoms with Crippen molar-refractivity contribution in [3.63, 3.8) is 0 Å². The number of azo groups is 4. The maximum atomic E-state index is 13.1. The van der Waals surface area contributed by atoms with Gasteiger partial charge in [-0.15, -0.1) is 35.8 Å². The highest BCUT2D eigenvalue weighted by molar-refractivity contribution is 7.87. The smallest absolute Gasteiger partial charge is 0.358 e. The highest BCUT2D eigenvalue weighted by Crippen LogP contribution is 2.51. The second kappa shape index (κ2) is 23.1. The molecule has 0 fully saturated rings. The molecular formula is C42H27ClN12O28S7. The number of non-ortho nitro benzene ring substituents is 1. The van der Waals surface area contributed by atoms with Crippen LogP contribution in [0.3, 0.4) is 0 Å². The monoisotopic (exact) mass is 1410 g/mol. The number of phenolic OH excluding ortho intramolecular Hbond substituents is 2. The molecule has 8 rings (SSSR count). The number of carbonyl (C=O) groups is 1. The summed E-state index contributed by atoms with van der Waals surface area (Å²) in [6.07, 6.45) is 0. The summed E-state index contributed by atoms with van der Waals surface area (Å²) in [5.74, 6) is -6.03. The molecule has 0 saturated heterocycles. The summed E-state index contributed by atoms with van der Waals surface area (Å²) in [5.41, 5.74) is -5.74. The average Bonchev–Trinajstić information content (AvgIpc) is 0.898. The Morgan fingerprint density at radius 3 is 1.52 bits per heavy atom. The predicted octanol–water partition coefficient (Wildman–Crippen LogP) is 7.53. The molecule has 0 radical (unpaired) electrons. The van der Waals surface area contributed by atoms with Crippen LogP contribution in [0.15, 0.2) is 160 Å². The quantitative estimate of drug-likeness (QED) is 0.0130. The van der Waals surface area contributed by atoms with Gasteiger partial charge in [0.2, 0.25) is 11.6 Å². The Morgan fingerprint density at radius 2 is 0.989 bits per heavy atom. The molecule has 1 heterocycles. The van der Waals surface area contributed by atoms with Crippen molar-refractivity contribution >= 4 is 167 Å². The maximum absolute atomic E-state index is 13.1. The minimum absolute atomic E-state index is 0.224. The van der Waals surface area contributed by atoms with Crippen molar-refractivity contribution in [3.8, 4) is 23.1 Å². The van der Waals surface area contributed by atoms with E-state index >= 15 is 0 Å². The van der Waals surface area contributed by atoms with E-state index in [1.165, 1.54) is 0 Å². The predicted molar refractivity (Wildman–Crippen MR) is 298 cm³/mol. The van der Waals surface area contributed by atoms with Crippen molar-refractivity contribution in [2.24, 2.45) is 40.9 Å². The van der Waals surface area contributed by atoms with E-state index in [0.717, 1.165) is 24.3 Å². The van der Waals surface area contributed by atoms with Gasteiger partial charge in [-0.1, -0.05) is 11.6 Å². The van der Waals surface area contributed by atoms with E-state index in [2.05, 4.69) is 46.0 Å². The first-order valence-corrected chi connectivity index (χ1v) is 33.0. The fourth-order valence-corrected chi connectivity index (χ4v) is 12.8. The van der Waals surface area contributed by atoms with Crippen LogP contribution in [0.4, 0.5) is 56.9 Å². The molecule has 0 aliphatic carbocycles. The fourth-order valence-electron chi connectivity index (χ4n) is 7.94. The summed E-state index contributed by atoms with van der Waals surface area (Å²) in [5, 5.41) is 81.8. The first-order valence-electron chi connectivity index (χ1n) is 22.5. The zero-order valence-electron chi connectivity index (χ0n) is 42.7. The Morgan fingerprint density at radius 1 is 0.500 bits per heavy atom. The lowest BCUT2D eigenvalue weighted by molar-refractivity contribution is -0.385. The number of hydrogen-bond donors (Lipinski definition) is 12. The number of nitrogens with two attached hydrogens (primary N) is 1. The van der Waals surface area contributed by atoms with Gasteiger partial charge in [-0.2, -0.15) is 73.8 Å². The van der Waals surface area contributed by atoms with Crippen molar-refractivity contribution in [1.82, 2.24) is 9.78 Å². The highest BCUT2D eigenvalue weighted by atomic mass is 35.5. The van der Waals surface area contributed by atoms with Gasteiger partial charge in [0.05, 0.1) is 37.3 Å². The third-order valence-electron chi connectivity index (χ3n) is 11.8. The average molecular weight is 1410 g/mol. The zero-order chi connectivity index (χ0) is 67.1. The summed E-state index contributed by atoms with van der Waals surface area (Å²) >= 11 is 6.28. The molecule has 8 aromatic rings. The lowest BCUT2D eigenvalue weighted by Crippen LogP contribution is -2.04. The molecule has 0 atom stereocenters. The van der Waals surface area contributed by atoms with Crippen molar-refractivity contribution in [2.75, 3.05) is 5.73 Å². The van der Waals surface area contributed by atoms with Crippen molar-refractivity contribution in [1.29, 1.82) is 0 Å². The second-order valence-corrected chi connectivity index (χ2v) is 27.6. The molecule has 0 spiro atoms. The molecule has 0 saturated carbocycles. The van der Waals surface area contributed by atoms with Crippen LogP contribution in [0.5, 0.6) is 17.4 Å². The van der Waals surface area contributed by atoms with E-state index in [-0.39, 0.29) is 23.9 Å². The van der Waals surface area contributed by atoms with E-state index in [4.69, 9.17) is 17.3 Å². The molecule has 0 amide bonds. The largest absolute Gasteiger partial charge is 0.505 e. The number of carboxylic acids is 1. The van der Waals surface area contributed by atoms with Crippen LogP contribution in [0.2, 0.25) is 5.02 Å². The van der Waals surface area contributed by atoms with Gasteiger partial charge in [0.25, 0.3) is 76.5 Å². The number of hydrogen-bond acceptors (Lipinski definition) is 30. The Balaban J connectivity index is 1.24. The zero-order valence-corrected chi connectivity index (χ0v) is 49.1. The Kier molecular flexibility index (Phi) is 17.0. The number of nitrogen functional groups attached to an aromatic ring is 1. The van der Waals surface area contributed by atoms with Gasteiger partial charge >= 0.3 is 5.97 Å². The van der Waals surface area contributed by atoms with Crippen LogP contribution in [-0.2, 0) is 70.8 Å². The number of nitrogens with zero attached hydrogens (tertiary/aromatic N) is 11. The van der Waals surface area contributed by atoms with Gasteiger partial charge in [0, 0.05) is 28.3 Å². The van der Waals surface area contributed by atoms with E-state index in [1.807, 2.05) is 0 Å². The van der Waals surface area contributed by atoms with Crippen LogP contribution in [0.25, 0.3) is 27.2 Å². The van der Waals surface area contributed by atoms with Crippen LogP contribution < -0.4 is 5.73 Å². The normalized spacial score (nSPS) is 13.2. The molecule has 48 heteroatoms. The molecule has 0 bridgehead atoms. The van der Waals surface area contributed by atoms with Gasteiger partial charge in [-0.05, 0) is 72.8 Å². The number of aromatic carboxylic acids is 1. The number of anilines is 1. The maximum Gasteiger partial charge on any atom is 0.358 e. The number of fused-ring (bicyclic) bond motifs is 2. The SMILES string of the molecule is Nc1c(N=Nc2ccc3c(O)c(N=Nc4cc(Cl)c(N=Nc5c(C(=O)O)nn(-c6ccc(S(=O)(=O)O)cc6)c5O)c(S(=O)(=O)O)c4)c(S(=O)(=O)O)cc3c2S(=O)(=O)O)cc(S(=O)(=O)O)c2cc(S(=O)(=O)O)c(N=Nc3ccc([N+](=O)[O-])cc3S(=O)(=O)O)c(O)c12. The third-order valence-corrected chi connectivity index (χ3v) is 18.2. The van der Waals surface area contributed by atoms with E-state index in [1.54, 1.807) is 0 Å². The van der Waals surface area contributed by atoms with Gasteiger partial charge in [-0.3, -0.25) is 42.0 Å². The summed E-state index contributed by atoms with van der Waals surface area (Å²) < 4.78 is 246. The van der Waals surface area contributed by atoms with Gasteiger partial charge in [0.1, 0.15) is 63.5 Å². The number of aromatic hydroxyl groups is 3. The molecule has 7 aromatic carbocycles. The minimum Gasteiger partial charge on any atom is -0.505 e. The topological polar surface area (TPSA) is 664 Å². The van der Waals surface area contributed by atoms with Gasteiger partial charge in [-0.25, -0.2) is 4.79 Å². The molecule has 0 aliphatic rings. The van der Waals surface area contributed by atoms with Crippen molar-refractivity contribution in [2.45, 2.75) is 34.3 Å². The second-order valence-electron chi connectivity index (χ2n) is 17.4. The van der Waals surface area contributed by atoms with Crippen LogP contribution in [0, 0.1) is 10.1 Å². The summed E-state index contributed by atoms with van der Waals surface area (Å²) in [6.45, 7) is 0. The van der Waals surface area contributed by atoms with Crippen molar-refractivity contribution in [3.05, 3.63) is 106 Å². The molecule has 13 N–H and O–H groups in total. The Bertz CT molecular complexity index is 5520. The van der Waals surface area contributed by atoms with Crippen molar-refractivity contribution < 1.29 is 121 Å². The van der Waals surface area contributed by atoms with Crippen LogP contribution >= 0.6 is 11.6 Å². The number of aromatic nitrogens is 2. The number of carboxylic acid groups (broad SMARTS) is 1. The van der Waals surface area contributed by atoms with E-state index in [0.29, 0.717) is 47.1 Å². The molecule has 90 heavy (non-hydrogen) atoms. The van der Waals surface area contributed by atoms with E-state index < -0.39 is 223 Å². The summed E-state index contributed by atoms with van der Waals surface area (Å²) in [4.78, 5) is 12.9.